The molecule has 2 aromatic rings. The first-order valence-electron chi connectivity index (χ1n) is 6.40. The van der Waals surface area contributed by atoms with Crippen molar-refractivity contribution >= 4 is 11.5 Å². The van der Waals surface area contributed by atoms with Crippen molar-refractivity contribution in [3.05, 3.63) is 63.7 Å². The monoisotopic (exact) mass is 301 g/mol. The zero-order valence-electron chi connectivity index (χ0n) is 11.9. The lowest BCUT2D eigenvalue weighted by Crippen LogP contribution is -2.11. The molecule has 0 aromatic heterocycles. The van der Waals surface area contributed by atoms with Crippen molar-refractivity contribution in [2.75, 3.05) is 7.11 Å². The van der Waals surface area contributed by atoms with Gasteiger partial charge in [0.15, 0.2) is 11.5 Å². The number of hydrogen-bond acceptors (Lipinski definition) is 5. The van der Waals surface area contributed by atoms with Gasteiger partial charge < -0.3 is 15.2 Å². The van der Waals surface area contributed by atoms with E-state index in [9.17, 15) is 10.1 Å². The Morgan fingerprint density at radius 2 is 1.91 bits per heavy atom. The zero-order valence-corrected chi connectivity index (χ0v) is 11.9. The molecule has 7 nitrogen and oxygen atoms in total. The molecule has 22 heavy (non-hydrogen) atoms. The van der Waals surface area contributed by atoms with Crippen LogP contribution in [0.5, 0.6) is 11.5 Å². The largest absolute Gasteiger partial charge is 0.493 e. The maximum absolute atomic E-state index is 10.6. The fourth-order valence-electron chi connectivity index (χ4n) is 1.83. The standard InChI is InChI=1S/C15H15N3O4/c1-21-14-8-11(15(16)17)4-7-13(14)22-9-10-2-5-12(6-3-10)18(19)20/h2-8H,9H2,1H3,(H3,16,17). The van der Waals surface area contributed by atoms with Crippen molar-refractivity contribution in [1.82, 2.24) is 0 Å². The molecule has 0 bridgehead atoms. The number of nitrogens with zero attached hydrogens (tertiary/aromatic N) is 1. The summed E-state index contributed by atoms with van der Waals surface area (Å²) in [6.45, 7) is 0.244. The molecule has 3 N–H and O–H groups in total. The lowest BCUT2D eigenvalue weighted by molar-refractivity contribution is -0.384. The van der Waals surface area contributed by atoms with Crippen LogP contribution in [0.4, 0.5) is 5.69 Å². The van der Waals surface area contributed by atoms with Crippen molar-refractivity contribution < 1.29 is 14.4 Å². The van der Waals surface area contributed by atoms with E-state index in [2.05, 4.69) is 0 Å². The second-order valence-electron chi connectivity index (χ2n) is 4.49. The number of hydrogen-bond donors (Lipinski definition) is 2. The minimum absolute atomic E-state index is 0.0344. The maximum atomic E-state index is 10.6. The van der Waals surface area contributed by atoms with E-state index in [0.29, 0.717) is 17.1 Å². The molecule has 0 aliphatic heterocycles. The molecule has 0 amide bonds. The second kappa shape index (κ2) is 6.57. The molecule has 0 atom stereocenters. The van der Waals surface area contributed by atoms with Gasteiger partial charge in [0.1, 0.15) is 12.4 Å². The Labute approximate surface area is 126 Å². The van der Waals surface area contributed by atoms with Crippen molar-refractivity contribution in [3.63, 3.8) is 0 Å². The Hall–Kier alpha value is -3.09. The Morgan fingerprint density at radius 3 is 2.45 bits per heavy atom. The Bertz CT molecular complexity index is 698. The first-order chi connectivity index (χ1) is 10.5. The summed E-state index contributed by atoms with van der Waals surface area (Å²) >= 11 is 0. The van der Waals surface area contributed by atoms with Gasteiger partial charge in [-0.05, 0) is 35.9 Å². The third-order valence-corrected chi connectivity index (χ3v) is 3.02. The van der Waals surface area contributed by atoms with Crippen molar-refractivity contribution in [1.29, 1.82) is 5.41 Å². The van der Waals surface area contributed by atoms with E-state index in [0.717, 1.165) is 5.56 Å². The summed E-state index contributed by atoms with van der Waals surface area (Å²) in [6, 6.07) is 11.1. The highest BCUT2D eigenvalue weighted by Crippen LogP contribution is 2.28. The number of ether oxygens (including phenoxy) is 2. The second-order valence-corrected chi connectivity index (χ2v) is 4.49. The predicted octanol–water partition coefficient (Wildman–Crippen LogP) is 2.47. The van der Waals surface area contributed by atoms with E-state index in [1.807, 2.05) is 0 Å². The average molecular weight is 301 g/mol. The maximum Gasteiger partial charge on any atom is 0.269 e. The van der Waals surface area contributed by atoms with Crippen LogP contribution in [0.15, 0.2) is 42.5 Å². The Kier molecular flexibility index (Phi) is 4.57. The summed E-state index contributed by atoms with van der Waals surface area (Å²) in [5.41, 5.74) is 6.79. The smallest absolute Gasteiger partial charge is 0.269 e. The molecule has 0 aliphatic carbocycles. The molecule has 2 rings (SSSR count). The van der Waals surface area contributed by atoms with Gasteiger partial charge in [-0.3, -0.25) is 15.5 Å². The molecule has 0 radical (unpaired) electrons. The van der Waals surface area contributed by atoms with Crippen molar-refractivity contribution in [2.45, 2.75) is 6.61 Å². The van der Waals surface area contributed by atoms with Gasteiger partial charge in [-0.1, -0.05) is 0 Å². The fourth-order valence-corrected chi connectivity index (χ4v) is 1.83. The van der Waals surface area contributed by atoms with Crippen LogP contribution < -0.4 is 15.2 Å². The Balaban J connectivity index is 2.10. The number of rotatable bonds is 6. The molecule has 0 aliphatic rings. The van der Waals surface area contributed by atoms with Gasteiger partial charge >= 0.3 is 0 Å². The molecule has 0 unspecified atom stereocenters. The minimum Gasteiger partial charge on any atom is -0.493 e. The molecule has 2 aromatic carbocycles. The highest BCUT2D eigenvalue weighted by molar-refractivity contribution is 5.95. The summed E-state index contributed by atoms with van der Waals surface area (Å²) in [4.78, 5) is 10.1. The molecular formula is C15H15N3O4. The minimum atomic E-state index is -0.450. The number of nitrogen functional groups attached to an aromatic ring is 1. The summed E-state index contributed by atoms with van der Waals surface area (Å²) in [6.07, 6.45) is 0. The highest BCUT2D eigenvalue weighted by atomic mass is 16.6. The molecule has 0 fully saturated rings. The molecule has 0 heterocycles. The molecular weight excluding hydrogens is 286 g/mol. The number of nitrogens with two attached hydrogens (primary N) is 1. The molecule has 0 spiro atoms. The van der Waals surface area contributed by atoms with Crippen molar-refractivity contribution in [3.8, 4) is 11.5 Å². The van der Waals surface area contributed by atoms with Gasteiger partial charge in [0.2, 0.25) is 0 Å². The zero-order chi connectivity index (χ0) is 16.1. The van der Waals surface area contributed by atoms with E-state index in [1.54, 1.807) is 30.3 Å². The van der Waals surface area contributed by atoms with Crippen LogP contribution in [0.1, 0.15) is 11.1 Å². The van der Waals surface area contributed by atoms with Gasteiger partial charge in [0, 0.05) is 17.7 Å². The molecule has 0 saturated carbocycles. The van der Waals surface area contributed by atoms with E-state index < -0.39 is 4.92 Å². The van der Waals surface area contributed by atoms with Crippen LogP contribution in [0.25, 0.3) is 0 Å². The summed E-state index contributed by atoms with van der Waals surface area (Å²) in [5.74, 6) is 0.917. The molecule has 0 saturated heterocycles. The summed E-state index contributed by atoms with van der Waals surface area (Å²) in [5, 5.41) is 18.0. The number of amidine groups is 1. The molecule has 114 valence electrons. The predicted molar refractivity (Wildman–Crippen MR) is 81.4 cm³/mol. The lowest BCUT2D eigenvalue weighted by Gasteiger charge is -2.12. The number of benzene rings is 2. The van der Waals surface area contributed by atoms with Crippen LogP contribution in [0, 0.1) is 15.5 Å². The number of nitro benzene ring substituents is 1. The van der Waals surface area contributed by atoms with E-state index in [4.69, 9.17) is 20.6 Å². The topological polar surface area (TPSA) is 111 Å². The number of nitro groups is 1. The van der Waals surface area contributed by atoms with Crippen molar-refractivity contribution in [2.24, 2.45) is 5.73 Å². The number of non-ortho nitro benzene ring substituents is 1. The van der Waals surface area contributed by atoms with E-state index >= 15 is 0 Å². The van der Waals surface area contributed by atoms with E-state index in [1.165, 1.54) is 19.2 Å². The third kappa shape index (κ3) is 3.51. The third-order valence-electron chi connectivity index (χ3n) is 3.02. The van der Waals surface area contributed by atoms with Gasteiger partial charge in [-0.15, -0.1) is 0 Å². The normalized spacial score (nSPS) is 10.0. The van der Waals surface area contributed by atoms with Crippen LogP contribution in [-0.4, -0.2) is 17.9 Å². The number of methoxy groups -OCH3 is 1. The van der Waals surface area contributed by atoms with Crippen LogP contribution in [-0.2, 0) is 6.61 Å². The van der Waals surface area contributed by atoms with Gasteiger partial charge in [-0.2, -0.15) is 0 Å². The molecule has 7 heteroatoms. The highest BCUT2D eigenvalue weighted by Gasteiger charge is 2.09. The van der Waals surface area contributed by atoms with E-state index in [-0.39, 0.29) is 18.1 Å². The SMILES string of the molecule is COc1cc(C(=N)N)ccc1OCc1ccc([N+](=O)[O-])cc1. The first-order valence-corrected chi connectivity index (χ1v) is 6.40. The van der Waals surface area contributed by atoms with Gasteiger partial charge in [-0.25, -0.2) is 0 Å². The van der Waals surface area contributed by atoms with Crippen LogP contribution >= 0.6 is 0 Å². The van der Waals surface area contributed by atoms with Gasteiger partial charge in [0.25, 0.3) is 5.69 Å². The summed E-state index contributed by atoms with van der Waals surface area (Å²) in [7, 11) is 1.50. The van der Waals surface area contributed by atoms with Crippen LogP contribution in [0.3, 0.4) is 0 Å². The van der Waals surface area contributed by atoms with Gasteiger partial charge in [0.05, 0.1) is 12.0 Å². The fraction of sp³-hybridized carbons (Fsp3) is 0.133. The average Bonchev–Trinajstić information content (AvgIpc) is 2.52. The Morgan fingerprint density at radius 1 is 1.23 bits per heavy atom. The van der Waals surface area contributed by atoms with Crippen LogP contribution in [0.2, 0.25) is 0 Å². The first kappa shape index (κ1) is 15.3. The number of nitrogens with one attached hydrogen (secondary N) is 1. The summed E-state index contributed by atoms with van der Waals surface area (Å²) < 4.78 is 10.9. The quantitative estimate of drug-likeness (QED) is 0.368. The lowest BCUT2D eigenvalue weighted by atomic mass is 10.2.